The molecule has 0 fully saturated rings. The average molecular weight is 269 g/mol. The quantitative estimate of drug-likeness (QED) is 0.822. The van der Waals surface area contributed by atoms with Gasteiger partial charge in [-0.2, -0.15) is 0 Å². The van der Waals surface area contributed by atoms with E-state index in [-0.39, 0.29) is 0 Å². The number of hydrogen-bond acceptors (Lipinski definition) is 2. The fourth-order valence-electron chi connectivity index (χ4n) is 1.39. The van der Waals surface area contributed by atoms with Crippen molar-refractivity contribution in [1.29, 1.82) is 0 Å². The Morgan fingerprint density at radius 1 is 1.29 bits per heavy atom. The highest BCUT2D eigenvalue weighted by Crippen LogP contribution is 2.36. The number of thiophene rings is 1. The predicted octanol–water partition coefficient (Wildman–Crippen LogP) is 4.19. The van der Waals surface area contributed by atoms with Crippen LogP contribution in [0.3, 0.4) is 0 Å². The van der Waals surface area contributed by atoms with Crippen molar-refractivity contribution in [1.82, 2.24) is 0 Å². The van der Waals surface area contributed by atoms with E-state index in [1.807, 2.05) is 24.4 Å². The number of phenolic OH excluding ortho intramolecular Hbond substituents is 1. The first kappa shape index (κ1) is 9.74. The summed E-state index contributed by atoms with van der Waals surface area (Å²) in [5, 5.41) is 11.3. The van der Waals surface area contributed by atoms with Gasteiger partial charge in [-0.05, 0) is 63.6 Å². The molecule has 0 aliphatic rings. The van der Waals surface area contributed by atoms with Gasteiger partial charge in [0, 0.05) is 9.35 Å². The smallest absolute Gasteiger partial charge is 0.115 e. The van der Waals surface area contributed by atoms with Crippen molar-refractivity contribution < 1.29 is 5.11 Å². The lowest BCUT2D eigenvalue weighted by Crippen LogP contribution is -1.79. The molecule has 3 heteroatoms. The van der Waals surface area contributed by atoms with E-state index in [0.29, 0.717) is 5.75 Å². The highest BCUT2D eigenvalue weighted by atomic mass is 79.9. The molecule has 1 nitrogen and oxygen atoms in total. The number of hydrogen-bond donors (Lipinski definition) is 1. The molecule has 72 valence electrons. The first-order valence-electron chi connectivity index (χ1n) is 4.21. The number of halogens is 1. The van der Waals surface area contributed by atoms with E-state index >= 15 is 0 Å². The van der Waals surface area contributed by atoms with Gasteiger partial charge in [0.25, 0.3) is 0 Å². The minimum atomic E-state index is 0.318. The van der Waals surface area contributed by atoms with E-state index < -0.39 is 0 Å². The molecule has 0 amide bonds. The van der Waals surface area contributed by atoms with Crippen molar-refractivity contribution in [2.75, 3.05) is 0 Å². The molecule has 1 N–H and O–H groups in total. The summed E-state index contributed by atoms with van der Waals surface area (Å²) in [7, 11) is 0. The molecule has 1 heterocycles. The summed E-state index contributed by atoms with van der Waals surface area (Å²) in [5.74, 6) is 0.318. The lowest BCUT2D eigenvalue weighted by Gasteiger charge is -2.04. The fraction of sp³-hybridized carbons (Fsp3) is 0.0909. The lowest BCUT2D eigenvalue weighted by atomic mass is 10.1. The number of benzene rings is 1. The molecular formula is C11H9BrOS. The molecule has 1 aromatic carbocycles. The van der Waals surface area contributed by atoms with Gasteiger partial charge in [0.2, 0.25) is 0 Å². The van der Waals surface area contributed by atoms with Gasteiger partial charge in [-0.1, -0.05) is 0 Å². The minimum Gasteiger partial charge on any atom is -0.508 e. The molecule has 0 saturated heterocycles. The van der Waals surface area contributed by atoms with Crippen LogP contribution in [0, 0.1) is 6.92 Å². The van der Waals surface area contributed by atoms with Gasteiger partial charge in [0.05, 0.1) is 0 Å². The maximum Gasteiger partial charge on any atom is 0.115 e. The van der Waals surface area contributed by atoms with E-state index in [0.717, 1.165) is 10.0 Å². The second kappa shape index (κ2) is 3.75. The van der Waals surface area contributed by atoms with Crippen LogP contribution in [-0.4, -0.2) is 5.11 Å². The van der Waals surface area contributed by atoms with Crippen molar-refractivity contribution >= 4 is 27.3 Å². The molecule has 0 atom stereocenters. The third-order valence-electron chi connectivity index (χ3n) is 2.07. The molecule has 0 radical (unpaired) electrons. The SMILES string of the molecule is Cc1cc(O)ccc1-c1sccc1Br. The molecule has 0 saturated carbocycles. The van der Waals surface area contributed by atoms with Crippen molar-refractivity contribution in [2.45, 2.75) is 6.92 Å². The van der Waals surface area contributed by atoms with Crippen molar-refractivity contribution in [3.63, 3.8) is 0 Å². The average Bonchev–Trinajstić information content (AvgIpc) is 2.52. The van der Waals surface area contributed by atoms with Crippen LogP contribution in [0.4, 0.5) is 0 Å². The molecule has 14 heavy (non-hydrogen) atoms. The largest absolute Gasteiger partial charge is 0.508 e. The molecule has 2 rings (SSSR count). The Morgan fingerprint density at radius 2 is 2.07 bits per heavy atom. The minimum absolute atomic E-state index is 0.318. The third kappa shape index (κ3) is 1.70. The van der Waals surface area contributed by atoms with Crippen molar-refractivity contribution in [3.8, 4) is 16.2 Å². The zero-order chi connectivity index (χ0) is 10.1. The number of aryl methyl sites for hydroxylation is 1. The molecule has 0 spiro atoms. The highest BCUT2D eigenvalue weighted by Gasteiger charge is 2.07. The van der Waals surface area contributed by atoms with E-state index in [1.54, 1.807) is 23.5 Å². The summed E-state index contributed by atoms with van der Waals surface area (Å²) < 4.78 is 1.11. The molecule has 1 aromatic heterocycles. The highest BCUT2D eigenvalue weighted by molar-refractivity contribution is 9.10. The van der Waals surface area contributed by atoms with E-state index in [4.69, 9.17) is 0 Å². The van der Waals surface area contributed by atoms with Crippen LogP contribution in [0.1, 0.15) is 5.56 Å². The van der Waals surface area contributed by atoms with E-state index in [1.165, 1.54) is 10.4 Å². The normalized spacial score (nSPS) is 10.4. The number of rotatable bonds is 1. The lowest BCUT2D eigenvalue weighted by molar-refractivity contribution is 0.475. The Labute approximate surface area is 95.2 Å². The number of phenols is 1. The van der Waals surface area contributed by atoms with Gasteiger partial charge in [0.1, 0.15) is 5.75 Å². The molecule has 0 aliphatic heterocycles. The summed E-state index contributed by atoms with van der Waals surface area (Å²) in [5.41, 5.74) is 2.26. The first-order valence-corrected chi connectivity index (χ1v) is 5.89. The zero-order valence-electron chi connectivity index (χ0n) is 7.62. The second-order valence-corrected chi connectivity index (χ2v) is 4.87. The standard InChI is InChI=1S/C11H9BrOS/c1-7-6-8(13)2-3-9(7)11-10(12)4-5-14-11/h2-6,13H,1H3. The summed E-state index contributed by atoms with van der Waals surface area (Å²) in [6, 6.07) is 7.48. The molecule has 0 bridgehead atoms. The van der Waals surface area contributed by atoms with Gasteiger partial charge in [-0.15, -0.1) is 11.3 Å². The Kier molecular flexibility index (Phi) is 2.61. The summed E-state index contributed by atoms with van der Waals surface area (Å²) >= 11 is 5.20. The molecular weight excluding hydrogens is 260 g/mol. The maximum absolute atomic E-state index is 9.30. The van der Waals surface area contributed by atoms with Crippen LogP contribution in [0.5, 0.6) is 5.75 Å². The van der Waals surface area contributed by atoms with Gasteiger partial charge in [0.15, 0.2) is 0 Å². The summed E-state index contributed by atoms with van der Waals surface area (Å²) in [6.45, 7) is 2.00. The van der Waals surface area contributed by atoms with Crippen LogP contribution in [-0.2, 0) is 0 Å². The first-order chi connectivity index (χ1) is 6.68. The van der Waals surface area contributed by atoms with Crippen LogP contribution in [0.25, 0.3) is 10.4 Å². The van der Waals surface area contributed by atoms with Gasteiger partial charge < -0.3 is 5.11 Å². The summed E-state index contributed by atoms with van der Waals surface area (Å²) in [6.07, 6.45) is 0. The Balaban J connectivity index is 2.58. The van der Waals surface area contributed by atoms with E-state index in [9.17, 15) is 5.11 Å². The van der Waals surface area contributed by atoms with Gasteiger partial charge in [-0.3, -0.25) is 0 Å². The maximum atomic E-state index is 9.30. The van der Waals surface area contributed by atoms with E-state index in [2.05, 4.69) is 15.9 Å². The van der Waals surface area contributed by atoms with Gasteiger partial charge >= 0.3 is 0 Å². The third-order valence-corrected chi connectivity index (χ3v) is 3.94. The topological polar surface area (TPSA) is 20.2 Å². The molecule has 2 aromatic rings. The van der Waals surface area contributed by atoms with Crippen LogP contribution >= 0.6 is 27.3 Å². The van der Waals surface area contributed by atoms with Crippen molar-refractivity contribution in [2.24, 2.45) is 0 Å². The Morgan fingerprint density at radius 3 is 2.64 bits per heavy atom. The Bertz CT molecular complexity index is 462. The Hall–Kier alpha value is -0.800. The predicted molar refractivity (Wildman–Crippen MR) is 63.9 cm³/mol. The number of aromatic hydroxyl groups is 1. The van der Waals surface area contributed by atoms with Gasteiger partial charge in [-0.25, -0.2) is 0 Å². The zero-order valence-corrected chi connectivity index (χ0v) is 10.0. The fourth-order valence-corrected chi connectivity index (χ4v) is 3.07. The molecule has 0 aliphatic carbocycles. The van der Waals surface area contributed by atoms with Crippen molar-refractivity contribution in [3.05, 3.63) is 39.7 Å². The van der Waals surface area contributed by atoms with Crippen LogP contribution in [0.2, 0.25) is 0 Å². The second-order valence-electron chi connectivity index (χ2n) is 3.10. The monoisotopic (exact) mass is 268 g/mol. The van der Waals surface area contributed by atoms with Crippen LogP contribution in [0.15, 0.2) is 34.1 Å². The molecule has 0 unspecified atom stereocenters. The summed E-state index contributed by atoms with van der Waals surface area (Å²) in [4.78, 5) is 1.21. The van der Waals surface area contributed by atoms with Crippen LogP contribution < -0.4 is 0 Å².